The van der Waals surface area contributed by atoms with Crippen LogP contribution in [0.4, 0.5) is 5.69 Å². The molecule has 0 fully saturated rings. The van der Waals surface area contributed by atoms with Crippen molar-refractivity contribution in [2.45, 2.75) is 19.6 Å². The van der Waals surface area contributed by atoms with E-state index >= 15 is 0 Å². The van der Waals surface area contributed by atoms with Gasteiger partial charge in [0.1, 0.15) is 6.29 Å². The average molecular weight is 429 g/mol. The zero-order chi connectivity index (χ0) is 21.9. The highest BCUT2D eigenvalue weighted by atomic mass is 16.5. The van der Waals surface area contributed by atoms with E-state index in [-0.39, 0.29) is 11.9 Å². The van der Waals surface area contributed by atoms with Gasteiger partial charge >= 0.3 is 6.01 Å². The summed E-state index contributed by atoms with van der Waals surface area (Å²) in [4.78, 5) is 19.9. The number of hydrogen-bond donors (Lipinski definition) is 1. The van der Waals surface area contributed by atoms with Crippen molar-refractivity contribution in [2.75, 3.05) is 11.9 Å². The van der Waals surface area contributed by atoms with Gasteiger partial charge in [-0.25, -0.2) is 4.98 Å². The number of nitrogens with zero attached hydrogens (tertiary/aromatic N) is 4. The molecule has 1 aliphatic rings. The van der Waals surface area contributed by atoms with Crippen molar-refractivity contribution >= 4 is 12.0 Å². The molecule has 2 aromatic heterocycles. The number of benzene rings is 2. The van der Waals surface area contributed by atoms with Gasteiger partial charge in [0.05, 0.1) is 12.8 Å². The lowest BCUT2D eigenvalue weighted by Gasteiger charge is -2.15. The van der Waals surface area contributed by atoms with Crippen molar-refractivity contribution in [3.05, 3.63) is 66.2 Å². The van der Waals surface area contributed by atoms with Crippen molar-refractivity contribution in [2.24, 2.45) is 0 Å². The fraction of sp³-hybridized carbons (Fsp3) is 0.174. The van der Waals surface area contributed by atoms with E-state index in [0.29, 0.717) is 29.5 Å². The van der Waals surface area contributed by atoms with Gasteiger partial charge in [-0.1, -0.05) is 48.4 Å². The molecule has 9 nitrogen and oxygen atoms in total. The highest BCUT2D eigenvalue weighted by molar-refractivity contribution is 5.79. The zero-order valence-corrected chi connectivity index (χ0v) is 17.2. The van der Waals surface area contributed by atoms with Gasteiger partial charge in [-0.2, -0.15) is 4.98 Å². The summed E-state index contributed by atoms with van der Waals surface area (Å²) < 4.78 is 17.6. The molecular weight excluding hydrogens is 410 g/mol. The highest BCUT2D eigenvalue weighted by Gasteiger charge is 2.29. The Balaban J connectivity index is 1.52. The Morgan fingerprint density at radius 3 is 2.94 bits per heavy atom. The van der Waals surface area contributed by atoms with Crippen LogP contribution in [0, 0.1) is 0 Å². The van der Waals surface area contributed by atoms with E-state index in [2.05, 4.69) is 25.5 Å². The Hall–Kier alpha value is -4.27. The molecule has 1 N–H and O–H groups in total. The lowest BCUT2D eigenvalue weighted by atomic mass is 10.1. The Kier molecular flexibility index (Phi) is 5.20. The highest BCUT2D eigenvalue weighted by Crippen LogP contribution is 2.39. The van der Waals surface area contributed by atoms with Crippen LogP contribution in [0.1, 0.15) is 35.8 Å². The van der Waals surface area contributed by atoms with E-state index in [1.165, 1.54) is 0 Å². The lowest BCUT2D eigenvalue weighted by molar-refractivity contribution is 0.112. The normalized spacial score (nSPS) is 14.3. The monoisotopic (exact) mass is 429 g/mol. The Labute approximate surface area is 183 Å². The fourth-order valence-electron chi connectivity index (χ4n) is 3.32. The minimum absolute atomic E-state index is 0.141. The first-order valence-electron chi connectivity index (χ1n) is 10.2. The summed E-state index contributed by atoms with van der Waals surface area (Å²) >= 11 is 0. The quantitative estimate of drug-likeness (QED) is 0.448. The van der Waals surface area contributed by atoms with Crippen LogP contribution in [-0.2, 0) is 0 Å². The zero-order valence-electron chi connectivity index (χ0n) is 17.2. The number of para-hydroxylation sites is 1. The van der Waals surface area contributed by atoms with Gasteiger partial charge < -0.3 is 19.2 Å². The lowest BCUT2D eigenvalue weighted by Crippen LogP contribution is -2.17. The van der Waals surface area contributed by atoms with Crippen LogP contribution in [0.15, 0.2) is 59.1 Å². The molecule has 1 atom stereocenters. The number of ether oxygens (including phenoxy) is 2. The fourth-order valence-corrected chi connectivity index (χ4v) is 3.32. The number of nitrogens with one attached hydrogen (secondary N) is 1. The van der Waals surface area contributed by atoms with Crippen molar-refractivity contribution in [3.63, 3.8) is 0 Å². The molecule has 32 heavy (non-hydrogen) atoms. The average Bonchev–Trinajstić information content (AvgIpc) is 3.27. The number of carbonyl (C=O) groups is 1. The molecule has 0 spiro atoms. The summed E-state index contributed by atoms with van der Waals surface area (Å²) in [6.45, 7) is 2.47. The van der Waals surface area contributed by atoms with Gasteiger partial charge in [0, 0.05) is 22.4 Å². The van der Waals surface area contributed by atoms with Gasteiger partial charge in [-0.15, -0.1) is 5.10 Å². The summed E-state index contributed by atoms with van der Waals surface area (Å²) in [6.07, 6.45) is 2.43. The van der Waals surface area contributed by atoms with E-state index in [4.69, 9.17) is 13.9 Å². The van der Waals surface area contributed by atoms with Gasteiger partial charge in [-0.3, -0.25) is 4.79 Å². The van der Waals surface area contributed by atoms with Crippen molar-refractivity contribution in [1.82, 2.24) is 20.2 Å². The topological polar surface area (TPSA) is 112 Å². The summed E-state index contributed by atoms with van der Waals surface area (Å²) in [5.74, 6) is 1.07. The summed E-state index contributed by atoms with van der Waals surface area (Å²) in [6, 6.07) is 14.8. The number of aldehydes is 1. The predicted molar refractivity (Wildman–Crippen MR) is 115 cm³/mol. The number of carbonyl (C=O) groups excluding carboxylic acids is 1. The van der Waals surface area contributed by atoms with Gasteiger partial charge in [0.15, 0.2) is 11.5 Å². The van der Waals surface area contributed by atoms with Crippen LogP contribution in [-0.4, -0.2) is 33.1 Å². The van der Waals surface area contributed by atoms with Crippen LogP contribution < -0.4 is 14.8 Å². The van der Waals surface area contributed by atoms with Gasteiger partial charge in [0.2, 0.25) is 12.1 Å². The van der Waals surface area contributed by atoms with Crippen LogP contribution in [0.3, 0.4) is 0 Å². The molecule has 0 bridgehead atoms. The third-order valence-corrected chi connectivity index (χ3v) is 4.82. The van der Waals surface area contributed by atoms with E-state index in [1.807, 2.05) is 37.3 Å². The molecule has 0 radical (unpaired) electrons. The maximum Gasteiger partial charge on any atom is 0.339 e. The second kappa shape index (κ2) is 8.46. The third kappa shape index (κ3) is 3.76. The van der Waals surface area contributed by atoms with Crippen LogP contribution in [0.5, 0.6) is 11.9 Å². The molecule has 1 aliphatic heterocycles. The molecule has 9 heteroatoms. The first-order chi connectivity index (χ1) is 15.7. The standard InChI is InChI=1S/C23H19N5O4/c1-2-10-30-23-26-20-19(27-28-23)16-8-3-4-9-17(16)25-22(32-20)21-24-12-18(31-21)15-7-5-6-14(11-15)13-29/h3-9,11-13,22,25H,2,10H2,1H3. The minimum atomic E-state index is -0.767. The van der Waals surface area contributed by atoms with Crippen LogP contribution in [0.2, 0.25) is 0 Å². The minimum Gasteiger partial charge on any atom is -0.462 e. The van der Waals surface area contributed by atoms with E-state index < -0.39 is 6.23 Å². The molecule has 0 aliphatic carbocycles. The van der Waals surface area contributed by atoms with Crippen molar-refractivity contribution < 1.29 is 18.7 Å². The number of aromatic nitrogens is 4. The van der Waals surface area contributed by atoms with Crippen LogP contribution in [0.25, 0.3) is 22.6 Å². The molecule has 0 saturated heterocycles. The number of fused-ring (bicyclic) bond motifs is 3. The molecule has 0 saturated carbocycles. The van der Waals surface area contributed by atoms with Crippen molar-refractivity contribution in [1.29, 1.82) is 0 Å². The number of oxazole rings is 1. The van der Waals surface area contributed by atoms with E-state index in [9.17, 15) is 4.79 Å². The molecule has 4 aromatic rings. The Morgan fingerprint density at radius 1 is 1.16 bits per heavy atom. The molecule has 0 amide bonds. The molecular formula is C23H19N5O4. The second-order valence-electron chi connectivity index (χ2n) is 7.09. The molecule has 5 rings (SSSR count). The largest absolute Gasteiger partial charge is 0.462 e. The number of rotatable bonds is 6. The Bertz CT molecular complexity index is 1270. The first kappa shape index (κ1) is 19.7. The summed E-state index contributed by atoms with van der Waals surface area (Å²) in [5, 5.41) is 11.6. The van der Waals surface area contributed by atoms with Crippen LogP contribution >= 0.6 is 0 Å². The van der Waals surface area contributed by atoms with E-state index in [0.717, 1.165) is 29.5 Å². The maximum atomic E-state index is 11.1. The molecule has 160 valence electrons. The molecule has 1 unspecified atom stereocenters. The first-order valence-corrected chi connectivity index (χ1v) is 10.2. The van der Waals surface area contributed by atoms with Gasteiger partial charge in [0.25, 0.3) is 5.89 Å². The SMILES string of the molecule is CCCOc1nnc2c(n1)OC(c1ncc(-c3cccc(C=O)c3)o1)Nc1ccccc1-2. The molecule has 3 heterocycles. The second-order valence-corrected chi connectivity index (χ2v) is 7.09. The van der Waals surface area contributed by atoms with Gasteiger partial charge in [-0.05, 0) is 18.6 Å². The molecule has 2 aromatic carbocycles. The number of hydrogen-bond acceptors (Lipinski definition) is 9. The Morgan fingerprint density at radius 2 is 2.06 bits per heavy atom. The smallest absolute Gasteiger partial charge is 0.339 e. The third-order valence-electron chi connectivity index (χ3n) is 4.82. The summed E-state index contributed by atoms with van der Waals surface area (Å²) in [5.41, 5.74) is 3.34. The summed E-state index contributed by atoms with van der Waals surface area (Å²) in [7, 11) is 0. The predicted octanol–water partition coefficient (Wildman–Crippen LogP) is 4.30. The van der Waals surface area contributed by atoms with Crippen molar-refractivity contribution in [3.8, 4) is 34.5 Å². The van der Waals surface area contributed by atoms with E-state index in [1.54, 1.807) is 24.4 Å². The number of anilines is 1. The maximum absolute atomic E-state index is 11.1.